The molecule has 0 aliphatic carbocycles. The fourth-order valence-corrected chi connectivity index (χ4v) is 4.44. The van der Waals surface area contributed by atoms with Gasteiger partial charge in [0.25, 0.3) is 0 Å². The van der Waals surface area contributed by atoms with Gasteiger partial charge in [0.15, 0.2) is 11.5 Å². The Kier molecular flexibility index (Phi) is 6.23. The lowest BCUT2D eigenvalue weighted by Gasteiger charge is -2.08. The van der Waals surface area contributed by atoms with Gasteiger partial charge in [-0.3, -0.25) is 19.9 Å². The first-order valence-corrected chi connectivity index (χ1v) is 12.4. The van der Waals surface area contributed by atoms with Crippen LogP contribution in [0.4, 0.5) is 14.5 Å². The van der Waals surface area contributed by atoms with Crippen LogP contribution in [0.2, 0.25) is 0 Å². The van der Waals surface area contributed by atoms with E-state index in [4.69, 9.17) is 0 Å². The molecule has 11 heteroatoms. The normalized spacial score (nSPS) is 11.4. The van der Waals surface area contributed by atoms with E-state index >= 15 is 4.39 Å². The molecular formula is C28H22F2N8O. The minimum Gasteiger partial charge on any atom is -0.336 e. The van der Waals surface area contributed by atoms with Crippen LogP contribution in [-0.4, -0.2) is 41.0 Å². The van der Waals surface area contributed by atoms with Crippen molar-refractivity contribution < 1.29 is 13.6 Å². The van der Waals surface area contributed by atoms with Gasteiger partial charge in [-0.05, 0) is 30.7 Å². The smallest absolute Gasteiger partial charge is 0.224 e. The van der Waals surface area contributed by atoms with Crippen LogP contribution in [0, 0.1) is 11.6 Å². The van der Waals surface area contributed by atoms with E-state index < -0.39 is 11.6 Å². The highest BCUT2D eigenvalue weighted by Gasteiger charge is 2.22. The van der Waals surface area contributed by atoms with Gasteiger partial charge in [-0.1, -0.05) is 25.5 Å². The van der Waals surface area contributed by atoms with Crippen molar-refractivity contribution >= 4 is 33.7 Å². The second-order valence-corrected chi connectivity index (χ2v) is 9.02. The number of hydrogen-bond donors (Lipinski definition) is 3. The van der Waals surface area contributed by atoms with E-state index in [1.54, 1.807) is 36.5 Å². The molecule has 3 N–H and O–H groups in total. The van der Waals surface area contributed by atoms with Gasteiger partial charge < -0.3 is 10.3 Å². The second kappa shape index (κ2) is 10.0. The first kappa shape index (κ1) is 24.3. The monoisotopic (exact) mass is 524 g/mol. The zero-order valence-corrected chi connectivity index (χ0v) is 20.8. The van der Waals surface area contributed by atoms with Gasteiger partial charge in [-0.15, -0.1) is 0 Å². The molecule has 0 unspecified atom stereocenters. The number of rotatable bonds is 7. The lowest BCUT2D eigenvalue weighted by Crippen LogP contribution is -2.11. The van der Waals surface area contributed by atoms with Crippen LogP contribution in [0.1, 0.15) is 26.2 Å². The number of unbranched alkanes of at least 4 members (excludes halogenated alkanes) is 1. The lowest BCUT2D eigenvalue weighted by molar-refractivity contribution is -0.116. The molecule has 0 radical (unpaired) electrons. The van der Waals surface area contributed by atoms with Crippen molar-refractivity contribution in [2.24, 2.45) is 0 Å². The fraction of sp³-hybridized carbons (Fsp3) is 0.143. The average molecular weight is 525 g/mol. The molecule has 6 rings (SSSR count). The molecule has 0 fully saturated rings. The summed E-state index contributed by atoms with van der Waals surface area (Å²) in [6.45, 7) is 2.01. The highest BCUT2D eigenvalue weighted by atomic mass is 19.1. The molecule has 0 spiro atoms. The van der Waals surface area contributed by atoms with Crippen molar-refractivity contribution in [3.63, 3.8) is 0 Å². The Morgan fingerprint density at radius 3 is 2.74 bits per heavy atom. The molecule has 6 aromatic rings. The number of fused-ring (bicyclic) bond motifs is 2. The van der Waals surface area contributed by atoms with E-state index in [1.807, 2.05) is 6.92 Å². The van der Waals surface area contributed by atoms with Gasteiger partial charge in [0.05, 0.1) is 22.8 Å². The largest absolute Gasteiger partial charge is 0.336 e. The number of aromatic amines is 2. The molecule has 9 nitrogen and oxygen atoms in total. The Balaban J connectivity index is 1.42. The number of carbonyl (C=O) groups is 1. The number of nitrogens with one attached hydrogen (secondary N) is 3. The average Bonchev–Trinajstić information content (AvgIpc) is 3.57. The van der Waals surface area contributed by atoms with E-state index in [-0.39, 0.29) is 34.0 Å². The van der Waals surface area contributed by atoms with Gasteiger partial charge in [0.2, 0.25) is 5.91 Å². The number of amides is 1. The van der Waals surface area contributed by atoms with Crippen LogP contribution in [0.25, 0.3) is 56.0 Å². The zero-order valence-electron chi connectivity index (χ0n) is 20.8. The zero-order chi connectivity index (χ0) is 26.9. The van der Waals surface area contributed by atoms with Gasteiger partial charge >= 0.3 is 0 Å². The van der Waals surface area contributed by atoms with Crippen molar-refractivity contribution in [3.05, 3.63) is 72.8 Å². The third-order valence-corrected chi connectivity index (χ3v) is 6.37. The number of benzene rings is 1. The first-order chi connectivity index (χ1) is 19.0. The van der Waals surface area contributed by atoms with E-state index in [2.05, 4.69) is 40.4 Å². The summed E-state index contributed by atoms with van der Waals surface area (Å²) in [6, 6.07) is 9.65. The van der Waals surface area contributed by atoms with Crippen LogP contribution >= 0.6 is 0 Å². The molecule has 0 saturated carbocycles. The SMILES string of the molecule is CCCCC(=O)Nc1cncc(-c2cnc3[nH]nc(-c4nc5c(-c6ccccc6F)nccc5[nH]4)c3c2F)c1. The number of halogens is 2. The van der Waals surface area contributed by atoms with E-state index in [0.29, 0.717) is 40.0 Å². The quantitative estimate of drug-likeness (QED) is 0.234. The molecule has 0 aliphatic heterocycles. The van der Waals surface area contributed by atoms with Crippen LogP contribution in [-0.2, 0) is 4.79 Å². The summed E-state index contributed by atoms with van der Waals surface area (Å²) in [4.78, 5) is 32.8. The maximum atomic E-state index is 16.0. The van der Waals surface area contributed by atoms with Crippen LogP contribution in [0.5, 0.6) is 0 Å². The Bertz CT molecular complexity index is 1840. The fourth-order valence-electron chi connectivity index (χ4n) is 4.44. The van der Waals surface area contributed by atoms with Crippen molar-refractivity contribution in [3.8, 4) is 33.9 Å². The summed E-state index contributed by atoms with van der Waals surface area (Å²) in [5.41, 5.74) is 3.22. The lowest BCUT2D eigenvalue weighted by atomic mass is 10.1. The molecule has 0 saturated heterocycles. The van der Waals surface area contributed by atoms with Crippen LogP contribution in [0.3, 0.4) is 0 Å². The summed E-state index contributed by atoms with van der Waals surface area (Å²) in [6.07, 6.45) is 8.02. The summed E-state index contributed by atoms with van der Waals surface area (Å²) >= 11 is 0. The Labute approximate surface area is 220 Å². The molecule has 5 heterocycles. The highest BCUT2D eigenvalue weighted by Crippen LogP contribution is 2.34. The summed E-state index contributed by atoms with van der Waals surface area (Å²) in [5, 5.41) is 9.96. The molecular weight excluding hydrogens is 502 g/mol. The third-order valence-electron chi connectivity index (χ3n) is 6.37. The number of imidazole rings is 1. The molecule has 1 amide bonds. The van der Waals surface area contributed by atoms with Crippen LogP contribution < -0.4 is 5.32 Å². The van der Waals surface area contributed by atoms with Gasteiger partial charge in [-0.25, -0.2) is 18.7 Å². The second-order valence-electron chi connectivity index (χ2n) is 9.02. The molecule has 39 heavy (non-hydrogen) atoms. The number of aromatic nitrogens is 7. The Morgan fingerprint density at radius 2 is 1.90 bits per heavy atom. The molecule has 0 atom stereocenters. The molecule has 5 aromatic heterocycles. The Morgan fingerprint density at radius 1 is 1.03 bits per heavy atom. The summed E-state index contributed by atoms with van der Waals surface area (Å²) in [5.74, 6) is -0.858. The van der Waals surface area contributed by atoms with E-state index in [0.717, 1.165) is 12.8 Å². The third kappa shape index (κ3) is 4.48. The maximum Gasteiger partial charge on any atom is 0.224 e. The molecule has 194 valence electrons. The van der Waals surface area contributed by atoms with E-state index in [9.17, 15) is 9.18 Å². The number of pyridine rings is 3. The molecule has 1 aromatic carbocycles. The predicted molar refractivity (Wildman–Crippen MR) is 144 cm³/mol. The summed E-state index contributed by atoms with van der Waals surface area (Å²) < 4.78 is 30.6. The van der Waals surface area contributed by atoms with Crippen molar-refractivity contribution in [2.75, 3.05) is 5.32 Å². The molecule has 0 aliphatic rings. The number of hydrogen-bond acceptors (Lipinski definition) is 6. The number of nitrogens with zero attached hydrogens (tertiary/aromatic N) is 5. The van der Waals surface area contributed by atoms with E-state index in [1.165, 1.54) is 24.7 Å². The number of anilines is 1. The van der Waals surface area contributed by atoms with Crippen molar-refractivity contribution in [2.45, 2.75) is 26.2 Å². The predicted octanol–water partition coefficient (Wildman–Crippen LogP) is 6.03. The minimum absolute atomic E-state index is 0.129. The standard InChI is InChI=1S/C28H22F2N8O/c1-2-3-8-21(39)34-16-11-15(12-31-13-16)18-14-33-27-22(23(18)30)26(37-38-27)28-35-20-9-10-32-24(25(20)36-28)17-6-4-5-7-19(17)29/h4-7,9-14H,2-3,8H2,1H3,(H,34,39)(H,35,36)(H,33,37,38). The number of H-pyrrole nitrogens is 2. The highest BCUT2D eigenvalue weighted by molar-refractivity contribution is 5.97. The van der Waals surface area contributed by atoms with Crippen LogP contribution in [0.15, 0.2) is 61.2 Å². The van der Waals surface area contributed by atoms with Gasteiger partial charge in [-0.2, -0.15) is 5.10 Å². The maximum absolute atomic E-state index is 16.0. The first-order valence-electron chi connectivity index (χ1n) is 12.4. The minimum atomic E-state index is -0.576. The van der Waals surface area contributed by atoms with Gasteiger partial charge in [0, 0.05) is 41.7 Å². The topological polar surface area (TPSA) is 125 Å². The van der Waals surface area contributed by atoms with Crippen molar-refractivity contribution in [1.82, 2.24) is 35.1 Å². The molecule has 0 bridgehead atoms. The van der Waals surface area contributed by atoms with Crippen molar-refractivity contribution in [1.29, 1.82) is 0 Å². The summed E-state index contributed by atoms with van der Waals surface area (Å²) in [7, 11) is 0. The number of carbonyl (C=O) groups excluding carboxylic acids is 1. The Hall–Kier alpha value is -5.06. The van der Waals surface area contributed by atoms with Gasteiger partial charge in [0.1, 0.15) is 28.5 Å².